The number of likely N-dealkylation sites (N-methyl/N-ethyl adjacent to an activating group) is 1. The Labute approximate surface area is 110 Å². The average Bonchev–Trinajstić information content (AvgIpc) is 2.36. The van der Waals surface area contributed by atoms with Crippen LogP contribution in [0.4, 0.5) is 0 Å². The molecule has 0 aromatic rings. The van der Waals surface area contributed by atoms with E-state index in [1.54, 1.807) is 6.26 Å². The lowest BCUT2D eigenvalue weighted by Gasteiger charge is -1.99. The van der Waals surface area contributed by atoms with Crippen LogP contribution in [0.3, 0.4) is 0 Å². The monoisotopic (exact) mass is 247 g/mol. The van der Waals surface area contributed by atoms with Crippen LogP contribution in [0.15, 0.2) is 24.8 Å². The number of unbranched alkanes of at least 4 members (excludes halogenated alkanes) is 1. The molecule has 0 fully saturated rings. The van der Waals surface area contributed by atoms with Crippen molar-refractivity contribution in [2.75, 3.05) is 13.3 Å². The van der Waals surface area contributed by atoms with Crippen LogP contribution in [-0.2, 0) is 0 Å². The van der Waals surface area contributed by atoms with Crippen molar-refractivity contribution in [3.05, 3.63) is 24.8 Å². The maximum atomic E-state index is 3.55. The van der Waals surface area contributed by atoms with Crippen LogP contribution in [0, 0.1) is 0 Å². The largest absolute Gasteiger partial charge is 0.314 e. The minimum Gasteiger partial charge on any atom is -0.314 e. The molecule has 1 nitrogen and oxygen atoms in total. The minimum atomic E-state index is 0.519. The summed E-state index contributed by atoms with van der Waals surface area (Å²) in [5.41, 5.74) is 0. The summed E-state index contributed by atoms with van der Waals surface area (Å²) in [5, 5.41) is 3.08. The summed E-state index contributed by atoms with van der Waals surface area (Å²) in [7, 11) is 1.95. The molecule has 0 rings (SSSR count). The normalized spacial score (nSPS) is 9.75. The molecule has 0 amide bonds. The van der Waals surface area contributed by atoms with Crippen molar-refractivity contribution in [1.29, 1.82) is 0 Å². The number of allylic oxidation sites excluding steroid dienone is 2. The van der Waals surface area contributed by atoms with Gasteiger partial charge in [-0.2, -0.15) is 12.6 Å². The summed E-state index contributed by atoms with van der Waals surface area (Å²) in [6.07, 6.45) is 10.2. The molecule has 0 saturated heterocycles. The highest BCUT2D eigenvalue weighted by Crippen LogP contribution is 1.82. The summed E-state index contributed by atoms with van der Waals surface area (Å²) in [6, 6.07) is 0.519. The molecule has 0 heterocycles. The molecular weight excluding hydrogens is 214 g/mol. The molecule has 0 radical (unpaired) electrons. The maximum Gasteiger partial charge on any atom is 0.0218 e. The van der Waals surface area contributed by atoms with Crippen molar-refractivity contribution in [2.24, 2.45) is 0 Å². The zero-order valence-corrected chi connectivity index (χ0v) is 13.3. The third kappa shape index (κ3) is 48.9. The Bertz CT molecular complexity index is 111. The van der Waals surface area contributed by atoms with Gasteiger partial charge in [0.1, 0.15) is 0 Å². The lowest BCUT2D eigenvalue weighted by molar-refractivity contribution is 0.728. The fourth-order valence-corrected chi connectivity index (χ4v) is 0.589. The van der Waals surface area contributed by atoms with E-state index in [0.29, 0.717) is 6.04 Å². The molecule has 0 saturated carbocycles. The summed E-state index contributed by atoms with van der Waals surface area (Å²) in [4.78, 5) is 0. The Morgan fingerprint density at radius 1 is 1.31 bits per heavy atom. The van der Waals surface area contributed by atoms with Gasteiger partial charge < -0.3 is 5.32 Å². The molecule has 0 spiro atoms. The van der Waals surface area contributed by atoms with E-state index in [1.807, 2.05) is 40.0 Å². The van der Waals surface area contributed by atoms with Gasteiger partial charge in [-0.3, -0.25) is 0 Å². The molecule has 16 heavy (non-hydrogen) atoms. The van der Waals surface area contributed by atoms with Crippen LogP contribution in [0.5, 0.6) is 0 Å². The second-order valence-corrected chi connectivity index (χ2v) is 2.68. The Balaban J connectivity index is -0.0000000704. The molecule has 0 aliphatic heterocycles. The van der Waals surface area contributed by atoms with E-state index in [2.05, 4.69) is 44.4 Å². The Hall–Kier alpha value is -0.210. The molecule has 2 heteroatoms. The number of nitrogens with one attached hydrogen (secondary N) is 1. The quantitative estimate of drug-likeness (QED) is 0.541. The average molecular weight is 247 g/mol. The number of thiol groups is 1. The highest BCUT2D eigenvalue weighted by atomic mass is 32.1. The molecular formula is C14H33NS. The fourth-order valence-electron chi connectivity index (χ4n) is 0.589. The van der Waals surface area contributed by atoms with Gasteiger partial charge in [0, 0.05) is 6.04 Å². The smallest absolute Gasteiger partial charge is 0.0218 e. The molecule has 1 N–H and O–H groups in total. The van der Waals surface area contributed by atoms with E-state index < -0.39 is 0 Å². The van der Waals surface area contributed by atoms with Crippen molar-refractivity contribution in [2.45, 2.75) is 53.5 Å². The topological polar surface area (TPSA) is 12.0 Å². The first kappa shape index (κ1) is 24.8. The Morgan fingerprint density at radius 2 is 1.75 bits per heavy atom. The van der Waals surface area contributed by atoms with Crippen LogP contribution in [0.25, 0.3) is 0 Å². The number of hydrogen-bond donors (Lipinski definition) is 2. The first-order valence-electron chi connectivity index (χ1n) is 6.08. The highest BCUT2D eigenvalue weighted by molar-refractivity contribution is 7.79. The van der Waals surface area contributed by atoms with Gasteiger partial charge in [-0.1, -0.05) is 45.4 Å². The van der Waals surface area contributed by atoms with Crippen LogP contribution < -0.4 is 5.32 Å². The SMILES string of the molecule is C/C=C\C(C)NC.C=CCCC.CC.CS. The molecule has 1 unspecified atom stereocenters. The summed E-state index contributed by atoms with van der Waals surface area (Å²) < 4.78 is 0. The van der Waals surface area contributed by atoms with E-state index in [-0.39, 0.29) is 0 Å². The predicted octanol–water partition coefficient (Wildman–Crippen LogP) is 4.72. The molecule has 0 bridgehead atoms. The Kier molecular flexibility index (Phi) is 56.5. The van der Waals surface area contributed by atoms with Crippen molar-refractivity contribution < 1.29 is 0 Å². The third-order valence-corrected chi connectivity index (χ3v) is 1.43. The van der Waals surface area contributed by atoms with Gasteiger partial charge in [-0.05, 0) is 33.6 Å². The summed E-state index contributed by atoms with van der Waals surface area (Å²) in [5.74, 6) is 0. The highest BCUT2D eigenvalue weighted by Gasteiger charge is 1.83. The molecule has 0 aromatic heterocycles. The minimum absolute atomic E-state index is 0.519. The van der Waals surface area contributed by atoms with Gasteiger partial charge in [0.05, 0.1) is 0 Å². The first-order chi connectivity index (χ1) is 7.72. The van der Waals surface area contributed by atoms with Gasteiger partial charge >= 0.3 is 0 Å². The van der Waals surface area contributed by atoms with Gasteiger partial charge in [0.15, 0.2) is 0 Å². The van der Waals surface area contributed by atoms with E-state index >= 15 is 0 Å². The van der Waals surface area contributed by atoms with E-state index in [0.717, 1.165) is 6.42 Å². The van der Waals surface area contributed by atoms with Crippen molar-refractivity contribution in [1.82, 2.24) is 5.32 Å². The molecule has 1 atom stereocenters. The van der Waals surface area contributed by atoms with Crippen LogP contribution in [0.2, 0.25) is 0 Å². The molecule has 100 valence electrons. The first-order valence-corrected chi connectivity index (χ1v) is 6.98. The van der Waals surface area contributed by atoms with Crippen molar-refractivity contribution in [3.8, 4) is 0 Å². The summed E-state index contributed by atoms with van der Waals surface area (Å²) in [6.45, 7) is 13.8. The van der Waals surface area contributed by atoms with Crippen molar-refractivity contribution in [3.63, 3.8) is 0 Å². The van der Waals surface area contributed by atoms with Gasteiger partial charge in [-0.15, -0.1) is 6.58 Å². The van der Waals surface area contributed by atoms with Crippen molar-refractivity contribution >= 4 is 12.6 Å². The standard InChI is InChI=1S/C6H13N.C5H10.C2H6.CH4S/c1-4-5-6(2)7-3;1-3-5-4-2;2*1-2/h4-7H,1-3H3;3H,1,4-5H2,2H3;1-2H3;2H,1H3/b5-4-;;;. The lowest BCUT2D eigenvalue weighted by Crippen LogP contribution is -2.17. The van der Waals surface area contributed by atoms with Gasteiger partial charge in [0.25, 0.3) is 0 Å². The van der Waals surface area contributed by atoms with E-state index in [4.69, 9.17) is 0 Å². The molecule has 0 aromatic carbocycles. The Morgan fingerprint density at radius 3 is 1.81 bits per heavy atom. The zero-order valence-electron chi connectivity index (χ0n) is 12.4. The molecule has 0 aliphatic carbocycles. The van der Waals surface area contributed by atoms with Gasteiger partial charge in [0.2, 0.25) is 0 Å². The zero-order chi connectivity index (χ0) is 13.8. The number of rotatable bonds is 4. The third-order valence-electron chi connectivity index (χ3n) is 1.43. The fraction of sp³-hybridized carbons (Fsp3) is 0.714. The van der Waals surface area contributed by atoms with E-state index in [9.17, 15) is 0 Å². The molecule has 0 aliphatic rings. The van der Waals surface area contributed by atoms with Crippen LogP contribution in [-0.4, -0.2) is 19.3 Å². The second kappa shape index (κ2) is 36.4. The number of hydrogen-bond acceptors (Lipinski definition) is 2. The predicted molar refractivity (Wildman–Crippen MR) is 84.7 cm³/mol. The van der Waals surface area contributed by atoms with Crippen LogP contribution in [0.1, 0.15) is 47.5 Å². The van der Waals surface area contributed by atoms with Crippen LogP contribution >= 0.6 is 12.6 Å². The van der Waals surface area contributed by atoms with E-state index in [1.165, 1.54) is 6.42 Å². The maximum absolute atomic E-state index is 3.55. The van der Waals surface area contributed by atoms with Gasteiger partial charge in [-0.25, -0.2) is 0 Å². The lowest BCUT2D eigenvalue weighted by atomic mass is 10.3. The second-order valence-electron chi connectivity index (χ2n) is 2.68. The summed E-state index contributed by atoms with van der Waals surface area (Å²) >= 11 is 3.53.